The van der Waals surface area contributed by atoms with E-state index < -0.39 is 27.6 Å². The fraction of sp³-hybridized carbons (Fsp3) is 0.333. The maximum atomic E-state index is 12.1. The van der Waals surface area contributed by atoms with Gasteiger partial charge in [-0.3, -0.25) is 0 Å². The monoisotopic (exact) mass is 284 g/mol. The minimum atomic E-state index is -4.63. The second-order valence-corrected chi connectivity index (χ2v) is 5.64. The van der Waals surface area contributed by atoms with E-state index in [1.165, 1.54) is 0 Å². The lowest BCUT2D eigenvalue weighted by atomic mass is 10.3. The number of halogens is 3. The van der Waals surface area contributed by atoms with Crippen LogP contribution in [0.5, 0.6) is 5.75 Å². The molecule has 102 valence electrons. The maximum absolute atomic E-state index is 12.1. The molecular formula is C9H11F3N2O3S. The molecule has 1 rings (SSSR count). The first kappa shape index (κ1) is 14.6. The predicted molar refractivity (Wildman–Crippen MR) is 58.4 cm³/mol. The molecule has 0 saturated carbocycles. The molecule has 0 radical (unpaired) electrons. The van der Waals surface area contributed by atoms with Gasteiger partial charge in [0.1, 0.15) is 12.3 Å². The van der Waals surface area contributed by atoms with Crippen LogP contribution in [0.3, 0.4) is 0 Å². The number of alkyl halides is 3. The van der Waals surface area contributed by atoms with Gasteiger partial charge in [-0.1, -0.05) is 0 Å². The van der Waals surface area contributed by atoms with Crippen molar-refractivity contribution in [3.8, 4) is 5.75 Å². The topological polar surface area (TPSA) is 83.6 Å². The van der Waals surface area contributed by atoms with Crippen molar-refractivity contribution in [2.75, 3.05) is 19.3 Å². The number of nitrogen functional groups attached to an aromatic ring is 1. The van der Waals surface area contributed by atoms with Crippen molar-refractivity contribution in [2.45, 2.75) is 11.1 Å². The Morgan fingerprint density at radius 3 is 2.39 bits per heavy atom. The van der Waals surface area contributed by atoms with E-state index in [1.807, 2.05) is 0 Å². The third kappa shape index (κ3) is 3.26. The van der Waals surface area contributed by atoms with Gasteiger partial charge in [0.15, 0.2) is 0 Å². The van der Waals surface area contributed by atoms with Gasteiger partial charge in [0, 0.05) is 7.05 Å². The summed E-state index contributed by atoms with van der Waals surface area (Å²) in [6.45, 7) is -1.60. The number of phenols is 1. The first-order chi connectivity index (χ1) is 8.04. The van der Waals surface area contributed by atoms with E-state index >= 15 is 0 Å². The van der Waals surface area contributed by atoms with Gasteiger partial charge in [-0.05, 0) is 18.2 Å². The van der Waals surface area contributed by atoms with E-state index in [0.717, 1.165) is 25.2 Å². The Balaban J connectivity index is 3.10. The van der Waals surface area contributed by atoms with Gasteiger partial charge >= 0.3 is 6.18 Å². The number of nitrogens with zero attached hydrogens (tertiary/aromatic N) is 1. The Bertz CT molecular complexity index is 542. The van der Waals surface area contributed by atoms with Crippen LogP contribution in [0.2, 0.25) is 0 Å². The molecule has 0 fully saturated rings. The lowest BCUT2D eigenvalue weighted by molar-refractivity contribution is -0.134. The molecule has 18 heavy (non-hydrogen) atoms. The summed E-state index contributed by atoms with van der Waals surface area (Å²) >= 11 is 0. The third-order valence-electron chi connectivity index (χ3n) is 2.11. The quantitative estimate of drug-likeness (QED) is 0.644. The Kier molecular flexibility index (Phi) is 3.77. The molecule has 1 aromatic carbocycles. The summed E-state index contributed by atoms with van der Waals surface area (Å²) in [6.07, 6.45) is -4.63. The van der Waals surface area contributed by atoms with Gasteiger partial charge in [-0.15, -0.1) is 0 Å². The summed E-state index contributed by atoms with van der Waals surface area (Å²) in [7, 11) is -3.48. The summed E-state index contributed by atoms with van der Waals surface area (Å²) in [5, 5.41) is 9.12. The van der Waals surface area contributed by atoms with Crippen LogP contribution in [-0.2, 0) is 10.0 Å². The summed E-state index contributed by atoms with van der Waals surface area (Å²) in [5.41, 5.74) is 5.06. The van der Waals surface area contributed by atoms with E-state index in [2.05, 4.69) is 0 Å². The first-order valence-corrected chi connectivity index (χ1v) is 6.09. The maximum Gasteiger partial charge on any atom is 0.402 e. The smallest absolute Gasteiger partial charge is 0.402 e. The number of hydrogen-bond donors (Lipinski definition) is 2. The average molecular weight is 284 g/mol. The van der Waals surface area contributed by atoms with Crippen molar-refractivity contribution < 1.29 is 26.7 Å². The van der Waals surface area contributed by atoms with Crippen LogP contribution in [-0.4, -0.2) is 37.6 Å². The van der Waals surface area contributed by atoms with E-state index in [1.54, 1.807) is 0 Å². The molecule has 0 atom stereocenters. The molecule has 0 aromatic heterocycles. The van der Waals surface area contributed by atoms with Crippen molar-refractivity contribution in [1.29, 1.82) is 0 Å². The molecule has 5 nitrogen and oxygen atoms in total. The number of anilines is 1. The number of hydrogen-bond acceptors (Lipinski definition) is 4. The third-order valence-corrected chi connectivity index (χ3v) is 3.91. The zero-order chi connectivity index (χ0) is 14.1. The highest BCUT2D eigenvalue weighted by Gasteiger charge is 2.34. The van der Waals surface area contributed by atoms with Crippen LogP contribution in [0.25, 0.3) is 0 Å². The average Bonchev–Trinajstić information content (AvgIpc) is 2.19. The van der Waals surface area contributed by atoms with E-state index in [0.29, 0.717) is 0 Å². The predicted octanol–water partition coefficient (Wildman–Crippen LogP) is 1.16. The second kappa shape index (κ2) is 4.65. The SMILES string of the molecule is CN(CC(F)(F)F)S(=O)(=O)c1ccc(O)c(N)c1. The molecular weight excluding hydrogens is 273 g/mol. The van der Waals surface area contributed by atoms with Crippen LogP contribution in [0.1, 0.15) is 0 Å². The number of sulfonamides is 1. The standard InChI is InChI=1S/C9H11F3N2O3S/c1-14(5-9(10,11)12)18(16,17)6-2-3-8(15)7(13)4-6/h2-4,15H,5,13H2,1H3. The summed E-state index contributed by atoms with van der Waals surface area (Å²) in [5.74, 6) is -0.340. The van der Waals surface area contributed by atoms with Gasteiger partial charge in [-0.25, -0.2) is 8.42 Å². The largest absolute Gasteiger partial charge is 0.506 e. The van der Waals surface area contributed by atoms with Gasteiger partial charge in [0.05, 0.1) is 10.6 Å². The highest BCUT2D eigenvalue weighted by atomic mass is 32.2. The molecule has 0 spiro atoms. The summed E-state index contributed by atoms with van der Waals surface area (Å²) in [4.78, 5) is -0.412. The highest BCUT2D eigenvalue weighted by Crippen LogP contribution is 2.26. The normalized spacial score (nSPS) is 12.9. The number of rotatable bonds is 3. The van der Waals surface area contributed by atoms with Crippen molar-refractivity contribution in [1.82, 2.24) is 4.31 Å². The molecule has 9 heteroatoms. The Morgan fingerprint density at radius 1 is 1.39 bits per heavy atom. The second-order valence-electron chi connectivity index (χ2n) is 3.60. The van der Waals surface area contributed by atoms with Crippen LogP contribution < -0.4 is 5.73 Å². The van der Waals surface area contributed by atoms with Crippen molar-refractivity contribution in [3.63, 3.8) is 0 Å². The molecule has 0 aliphatic carbocycles. The van der Waals surface area contributed by atoms with E-state index in [4.69, 9.17) is 10.8 Å². The Hall–Kier alpha value is -1.48. The molecule has 0 bridgehead atoms. The van der Waals surface area contributed by atoms with Gasteiger partial charge in [0.25, 0.3) is 0 Å². The first-order valence-electron chi connectivity index (χ1n) is 4.65. The van der Waals surface area contributed by atoms with Crippen LogP contribution in [0.4, 0.5) is 18.9 Å². The number of nitrogens with two attached hydrogens (primary N) is 1. The molecule has 1 aromatic rings. The molecule has 0 aliphatic heterocycles. The molecule has 0 aliphatic rings. The van der Waals surface area contributed by atoms with Crippen molar-refractivity contribution in [3.05, 3.63) is 18.2 Å². The molecule has 0 amide bonds. The molecule has 3 N–H and O–H groups in total. The van der Waals surface area contributed by atoms with Crippen LogP contribution in [0.15, 0.2) is 23.1 Å². The minimum Gasteiger partial charge on any atom is -0.506 e. The van der Waals surface area contributed by atoms with E-state index in [-0.39, 0.29) is 15.7 Å². The zero-order valence-corrected chi connectivity index (χ0v) is 10.1. The Labute approximate surface area is 102 Å². The lowest BCUT2D eigenvalue weighted by Crippen LogP contribution is -2.35. The number of aromatic hydroxyl groups is 1. The lowest BCUT2D eigenvalue weighted by Gasteiger charge is -2.19. The molecule has 0 unspecified atom stereocenters. The minimum absolute atomic E-state index is 0.165. The fourth-order valence-corrected chi connectivity index (χ4v) is 2.40. The van der Waals surface area contributed by atoms with Crippen molar-refractivity contribution in [2.24, 2.45) is 0 Å². The molecule has 0 saturated heterocycles. The number of benzene rings is 1. The Morgan fingerprint density at radius 2 is 1.94 bits per heavy atom. The van der Waals surface area contributed by atoms with Crippen LogP contribution >= 0.6 is 0 Å². The summed E-state index contributed by atoms with van der Waals surface area (Å²) in [6, 6.07) is 2.88. The number of phenolic OH excluding ortho intramolecular Hbond substituents is 1. The van der Waals surface area contributed by atoms with Crippen molar-refractivity contribution >= 4 is 15.7 Å². The molecule has 0 heterocycles. The van der Waals surface area contributed by atoms with Gasteiger partial charge in [0.2, 0.25) is 10.0 Å². The zero-order valence-electron chi connectivity index (χ0n) is 9.27. The highest BCUT2D eigenvalue weighted by molar-refractivity contribution is 7.89. The van der Waals surface area contributed by atoms with Gasteiger partial charge in [-0.2, -0.15) is 17.5 Å². The van der Waals surface area contributed by atoms with Gasteiger partial charge < -0.3 is 10.8 Å². The summed E-state index contributed by atoms with van der Waals surface area (Å²) < 4.78 is 60.1. The fourth-order valence-electron chi connectivity index (χ4n) is 1.21. The van der Waals surface area contributed by atoms with E-state index in [9.17, 15) is 21.6 Å². The van der Waals surface area contributed by atoms with Crippen LogP contribution in [0, 0.1) is 0 Å².